The number of nitrogens with one attached hydrogen (secondary N) is 1. The molecule has 108 valence electrons. The van der Waals surface area contributed by atoms with Gasteiger partial charge in [0.05, 0.1) is 6.10 Å². The minimum atomic E-state index is -3.00. The molecule has 0 aromatic heterocycles. The molecule has 0 radical (unpaired) electrons. The Morgan fingerprint density at radius 2 is 2.00 bits per heavy atom. The molecule has 3 nitrogen and oxygen atoms in total. The lowest BCUT2D eigenvalue weighted by Gasteiger charge is -2.18. The molecule has 2 atom stereocenters. The third-order valence-corrected chi connectivity index (χ3v) is 2.67. The van der Waals surface area contributed by atoms with Crippen LogP contribution < -0.4 is 10.1 Å². The van der Waals surface area contributed by atoms with Crippen molar-refractivity contribution in [1.29, 1.82) is 0 Å². The maximum absolute atomic E-state index is 13.0. The molecule has 2 unspecified atom stereocenters. The number of hydrogen-bond acceptors (Lipinski definition) is 3. The minimum Gasteiger partial charge on any atom is -0.434 e. The summed E-state index contributed by atoms with van der Waals surface area (Å²) in [5.74, 6) is -0.803. The normalized spacial score (nSPS) is 14.5. The predicted molar refractivity (Wildman–Crippen MR) is 65.7 cm³/mol. The van der Waals surface area contributed by atoms with Crippen LogP contribution in [0.5, 0.6) is 5.75 Å². The number of rotatable bonds is 7. The SMILES string of the molecule is CC(O)CCNC(C)c1ccc(F)cc1OC(F)F. The van der Waals surface area contributed by atoms with Crippen LogP contribution in [0.1, 0.15) is 31.9 Å². The molecule has 0 spiro atoms. The number of benzene rings is 1. The van der Waals surface area contributed by atoms with E-state index in [-0.39, 0.29) is 11.8 Å². The van der Waals surface area contributed by atoms with E-state index in [2.05, 4.69) is 10.1 Å². The number of halogens is 3. The molecule has 0 aliphatic rings. The van der Waals surface area contributed by atoms with Gasteiger partial charge in [0.2, 0.25) is 0 Å². The first-order valence-corrected chi connectivity index (χ1v) is 6.06. The van der Waals surface area contributed by atoms with E-state index < -0.39 is 18.5 Å². The van der Waals surface area contributed by atoms with Gasteiger partial charge in [-0.1, -0.05) is 6.07 Å². The Morgan fingerprint density at radius 3 is 2.58 bits per heavy atom. The third kappa shape index (κ3) is 5.48. The van der Waals surface area contributed by atoms with Gasteiger partial charge in [0.15, 0.2) is 0 Å². The second-order valence-corrected chi connectivity index (χ2v) is 4.37. The van der Waals surface area contributed by atoms with Gasteiger partial charge in [-0.2, -0.15) is 8.78 Å². The molecule has 0 saturated heterocycles. The number of aliphatic hydroxyl groups excluding tert-OH is 1. The lowest BCUT2D eigenvalue weighted by molar-refractivity contribution is -0.0508. The van der Waals surface area contributed by atoms with Crippen molar-refractivity contribution in [2.24, 2.45) is 0 Å². The van der Waals surface area contributed by atoms with Gasteiger partial charge >= 0.3 is 6.61 Å². The molecule has 2 N–H and O–H groups in total. The molecular formula is C13H18F3NO2. The fourth-order valence-electron chi connectivity index (χ4n) is 1.68. The zero-order chi connectivity index (χ0) is 14.4. The molecule has 0 heterocycles. The highest BCUT2D eigenvalue weighted by Gasteiger charge is 2.15. The molecule has 0 aliphatic carbocycles. The number of hydrogen-bond donors (Lipinski definition) is 2. The summed E-state index contributed by atoms with van der Waals surface area (Å²) in [6, 6.07) is 3.26. The average Bonchev–Trinajstić information content (AvgIpc) is 2.27. The topological polar surface area (TPSA) is 41.5 Å². The van der Waals surface area contributed by atoms with Crippen LogP contribution in [0.4, 0.5) is 13.2 Å². The first-order chi connectivity index (χ1) is 8.90. The van der Waals surface area contributed by atoms with Gasteiger partial charge in [0.1, 0.15) is 11.6 Å². The van der Waals surface area contributed by atoms with Crippen molar-refractivity contribution in [3.8, 4) is 5.75 Å². The summed E-state index contributed by atoms with van der Waals surface area (Å²) in [6.45, 7) is 0.943. The van der Waals surface area contributed by atoms with Gasteiger partial charge in [0, 0.05) is 17.7 Å². The average molecular weight is 277 g/mol. The maximum Gasteiger partial charge on any atom is 0.387 e. The third-order valence-electron chi connectivity index (χ3n) is 2.67. The van der Waals surface area contributed by atoms with Crippen molar-refractivity contribution in [2.75, 3.05) is 6.54 Å². The Hall–Kier alpha value is -1.27. The lowest BCUT2D eigenvalue weighted by Crippen LogP contribution is -2.23. The Balaban J connectivity index is 2.74. The predicted octanol–water partition coefficient (Wildman–Crippen LogP) is 2.85. The quantitative estimate of drug-likeness (QED) is 0.805. The fraction of sp³-hybridized carbons (Fsp3) is 0.538. The van der Waals surface area contributed by atoms with Crippen LogP contribution in [-0.4, -0.2) is 24.4 Å². The van der Waals surface area contributed by atoms with Gasteiger partial charge in [0.25, 0.3) is 0 Å². The number of aliphatic hydroxyl groups is 1. The van der Waals surface area contributed by atoms with E-state index in [1.807, 2.05) is 0 Å². The Morgan fingerprint density at radius 1 is 1.32 bits per heavy atom. The molecule has 0 saturated carbocycles. The van der Waals surface area contributed by atoms with Crippen molar-refractivity contribution in [3.63, 3.8) is 0 Å². The van der Waals surface area contributed by atoms with Crippen molar-refractivity contribution < 1.29 is 23.0 Å². The summed E-state index contributed by atoms with van der Waals surface area (Å²) >= 11 is 0. The Labute approximate surface area is 110 Å². The van der Waals surface area contributed by atoms with Gasteiger partial charge in [-0.3, -0.25) is 0 Å². The second-order valence-electron chi connectivity index (χ2n) is 4.37. The zero-order valence-electron chi connectivity index (χ0n) is 10.9. The highest BCUT2D eigenvalue weighted by Crippen LogP contribution is 2.27. The lowest BCUT2D eigenvalue weighted by atomic mass is 10.1. The first-order valence-electron chi connectivity index (χ1n) is 6.06. The smallest absolute Gasteiger partial charge is 0.387 e. The number of alkyl halides is 2. The van der Waals surface area contributed by atoms with Crippen LogP contribution >= 0.6 is 0 Å². The Bertz CT molecular complexity index is 399. The number of ether oxygens (including phenoxy) is 1. The molecule has 19 heavy (non-hydrogen) atoms. The largest absolute Gasteiger partial charge is 0.434 e. The summed E-state index contributed by atoms with van der Waals surface area (Å²) < 4.78 is 41.9. The minimum absolute atomic E-state index is 0.174. The van der Waals surface area contributed by atoms with Crippen molar-refractivity contribution in [3.05, 3.63) is 29.6 Å². The van der Waals surface area contributed by atoms with Crippen LogP contribution in [-0.2, 0) is 0 Å². The van der Waals surface area contributed by atoms with E-state index >= 15 is 0 Å². The van der Waals surface area contributed by atoms with Gasteiger partial charge in [-0.15, -0.1) is 0 Å². The molecule has 0 amide bonds. The first kappa shape index (κ1) is 15.8. The molecule has 6 heteroatoms. The standard InChI is InChI=1S/C13H18F3NO2/c1-8(18)5-6-17-9(2)11-4-3-10(14)7-12(11)19-13(15)16/h3-4,7-9,13,17-18H,5-6H2,1-2H3. The van der Waals surface area contributed by atoms with E-state index in [1.54, 1.807) is 13.8 Å². The maximum atomic E-state index is 13.0. The Kier molecular flexibility index (Phi) is 6.11. The molecule has 0 aliphatic heterocycles. The summed E-state index contributed by atoms with van der Waals surface area (Å²) in [5, 5.41) is 12.2. The van der Waals surface area contributed by atoms with E-state index in [0.717, 1.165) is 6.07 Å². The van der Waals surface area contributed by atoms with Crippen LogP contribution in [0, 0.1) is 5.82 Å². The molecule has 1 aromatic rings. The highest BCUT2D eigenvalue weighted by molar-refractivity contribution is 5.36. The molecular weight excluding hydrogens is 259 g/mol. The van der Waals surface area contributed by atoms with E-state index in [0.29, 0.717) is 18.5 Å². The summed E-state index contributed by atoms with van der Waals surface area (Å²) in [6.07, 6.45) is 0.0982. The van der Waals surface area contributed by atoms with Gasteiger partial charge in [-0.05, 0) is 32.9 Å². The molecule has 0 fully saturated rings. The van der Waals surface area contributed by atoms with Crippen molar-refractivity contribution >= 4 is 0 Å². The van der Waals surface area contributed by atoms with Gasteiger partial charge in [-0.25, -0.2) is 4.39 Å². The summed E-state index contributed by atoms with van der Waals surface area (Å²) in [4.78, 5) is 0. The van der Waals surface area contributed by atoms with Crippen LogP contribution in [0.25, 0.3) is 0 Å². The van der Waals surface area contributed by atoms with E-state index in [1.165, 1.54) is 12.1 Å². The zero-order valence-corrected chi connectivity index (χ0v) is 10.9. The monoisotopic (exact) mass is 277 g/mol. The van der Waals surface area contributed by atoms with E-state index in [4.69, 9.17) is 5.11 Å². The molecule has 0 bridgehead atoms. The van der Waals surface area contributed by atoms with Gasteiger partial charge < -0.3 is 15.2 Å². The highest BCUT2D eigenvalue weighted by atomic mass is 19.3. The van der Waals surface area contributed by atoms with Crippen molar-refractivity contribution in [1.82, 2.24) is 5.32 Å². The van der Waals surface area contributed by atoms with Crippen LogP contribution in [0.2, 0.25) is 0 Å². The fourth-order valence-corrected chi connectivity index (χ4v) is 1.68. The van der Waals surface area contributed by atoms with Crippen LogP contribution in [0.3, 0.4) is 0 Å². The summed E-state index contributed by atoms with van der Waals surface area (Å²) in [7, 11) is 0. The summed E-state index contributed by atoms with van der Waals surface area (Å²) in [5.41, 5.74) is 0.451. The second kappa shape index (κ2) is 7.35. The molecule has 1 aromatic carbocycles. The molecule has 1 rings (SSSR count). The van der Waals surface area contributed by atoms with E-state index in [9.17, 15) is 13.2 Å². The van der Waals surface area contributed by atoms with Crippen molar-refractivity contribution in [2.45, 2.75) is 39.0 Å². The van der Waals surface area contributed by atoms with Crippen LogP contribution in [0.15, 0.2) is 18.2 Å².